The van der Waals surface area contributed by atoms with E-state index in [1.165, 1.54) is 0 Å². The molecule has 2 fully saturated rings. The molecule has 126 valence electrons. The summed E-state index contributed by atoms with van der Waals surface area (Å²) in [5.74, 6) is 1.73. The van der Waals surface area contributed by atoms with Gasteiger partial charge >= 0.3 is 0 Å². The topological polar surface area (TPSA) is 65.5 Å². The first-order chi connectivity index (χ1) is 11.1. The Balaban J connectivity index is 1.66. The molecule has 0 radical (unpaired) electrons. The molecular weight excluding hydrogens is 332 g/mol. The molecule has 6 nitrogen and oxygen atoms in total. The zero-order valence-corrected chi connectivity index (χ0v) is 14.9. The smallest absolute Gasteiger partial charge is 0.242 e. The summed E-state index contributed by atoms with van der Waals surface area (Å²) in [6.07, 6.45) is 1.10. The number of aryl methyl sites for hydroxylation is 1. The SMILES string of the molecule is Cc1ncsc1CN(C[C@@H]1CCNC1)C(=O)CN1CSCC1=O. The lowest BCUT2D eigenvalue weighted by Crippen LogP contribution is -2.43. The lowest BCUT2D eigenvalue weighted by Gasteiger charge is -2.27. The van der Waals surface area contributed by atoms with Gasteiger partial charge in [0.15, 0.2) is 0 Å². The highest BCUT2D eigenvalue weighted by Crippen LogP contribution is 2.20. The van der Waals surface area contributed by atoms with Crippen LogP contribution >= 0.6 is 23.1 Å². The predicted octanol–water partition coefficient (Wildman–Crippen LogP) is 0.923. The summed E-state index contributed by atoms with van der Waals surface area (Å²) < 4.78 is 0. The number of carbonyl (C=O) groups excluding carboxylic acids is 2. The second kappa shape index (κ2) is 7.63. The van der Waals surface area contributed by atoms with Gasteiger partial charge in [-0.1, -0.05) is 0 Å². The maximum absolute atomic E-state index is 12.8. The zero-order valence-electron chi connectivity index (χ0n) is 13.3. The average Bonchev–Trinajstić information content (AvgIpc) is 3.25. The van der Waals surface area contributed by atoms with Gasteiger partial charge in [-0.2, -0.15) is 0 Å². The van der Waals surface area contributed by atoms with Crippen LogP contribution in [0.5, 0.6) is 0 Å². The Labute approximate surface area is 144 Å². The van der Waals surface area contributed by atoms with E-state index in [9.17, 15) is 9.59 Å². The molecule has 0 aliphatic carbocycles. The highest BCUT2D eigenvalue weighted by Gasteiger charge is 2.28. The standard InChI is InChI=1S/C15H22N4O2S2/c1-11-13(23-9-17-11)6-18(5-12-2-3-16-4-12)14(20)7-19-10-22-8-15(19)21/h9,12,16H,2-8,10H2,1H3/t12-/m1/s1. The molecule has 8 heteroatoms. The largest absolute Gasteiger partial charge is 0.336 e. The van der Waals surface area contributed by atoms with Gasteiger partial charge in [0.25, 0.3) is 0 Å². The molecular formula is C15H22N4O2S2. The molecule has 3 rings (SSSR count). The fourth-order valence-corrected chi connectivity index (χ4v) is 4.59. The minimum absolute atomic E-state index is 0.0422. The minimum atomic E-state index is 0.0422. The van der Waals surface area contributed by atoms with Crippen LogP contribution in [-0.2, 0) is 16.1 Å². The van der Waals surface area contributed by atoms with Crippen LogP contribution in [-0.4, -0.2) is 64.4 Å². The van der Waals surface area contributed by atoms with Crippen LogP contribution in [0.4, 0.5) is 0 Å². The number of hydrogen-bond acceptors (Lipinski definition) is 6. The monoisotopic (exact) mass is 354 g/mol. The van der Waals surface area contributed by atoms with E-state index < -0.39 is 0 Å². The molecule has 2 saturated heterocycles. The fraction of sp³-hybridized carbons (Fsp3) is 0.667. The van der Waals surface area contributed by atoms with Gasteiger partial charge in [-0.3, -0.25) is 9.59 Å². The molecule has 2 aliphatic rings. The number of thiazole rings is 1. The Hall–Kier alpha value is -1.12. The van der Waals surface area contributed by atoms with Gasteiger partial charge in [0.05, 0.1) is 29.4 Å². The van der Waals surface area contributed by atoms with Crippen molar-refractivity contribution in [2.24, 2.45) is 5.92 Å². The van der Waals surface area contributed by atoms with E-state index in [0.717, 1.165) is 36.6 Å². The number of hydrogen-bond donors (Lipinski definition) is 1. The number of amides is 2. The molecule has 0 aromatic carbocycles. The average molecular weight is 355 g/mol. The van der Waals surface area contributed by atoms with Crippen LogP contribution in [0, 0.1) is 12.8 Å². The van der Waals surface area contributed by atoms with Crippen molar-refractivity contribution in [2.45, 2.75) is 19.9 Å². The van der Waals surface area contributed by atoms with Gasteiger partial charge in [0, 0.05) is 11.4 Å². The van der Waals surface area contributed by atoms with Crippen LogP contribution in [0.2, 0.25) is 0 Å². The summed E-state index contributed by atoms with van der Waals surface area (Å²) in [5, 5.41) is 3.35. The summed E-state index contributed by atoms with van der Waals surface area (Å²) in [6, 6.07) is 0. The molecule has 0 bridgehead atoms. The number of aromatic nitrogens is 1. The van der Waals surface area contributed by atoms with Crippen molar-refractivity contribution >= 4 is 34.9 Å². The van der Waals surface area contributed by atoms with Crippen LogP contribution in [0.25, 0.3) is 0 Å². The molecule has 1 aromatic rings. The molecule has 0 spiro atoms. The molecule has 1 N–H and O–H groups in total. The van der Waals surface area contributed by atoms with Gasteiger partial charge in [-0.05, 0) is 32.4 Å². The first kappa shape index (κ1) is 16.7. The first-order valence-corrected chi connectivity index (χ1v) is 9.90. The number of nitrogens with zero attached hydrogens (tertiary/aromatic N) is 3. The quantitative estimate of drug-likeness (QED) is 0.823. The Morgan fingerprint density at radius 2 is 2.43 bits per heavy atom. The molecule has 0 unspecified atom stereocenters. The normalized spacial score (nSPS) is 21.2. The third-order valence-corrected chi connectivity index (χ3v) is 6.19. The van der Waals surface area contributed by atoms with Crippen LogP contribution < -0.4 is 5.32 Å². The second-order valence-electron chi connectivity index (χ2n) is 6.06. The van der Waals surface area contributed by atoms with E-state index in [4.69, 9.17) is 0 Å². The Bertz CT molecular complexity index is 572. The van der Waals surface area contributed by atoms with Crippen LogP contribution in [0.15, 0.2) is 5.51 Å². The predicted molar refractivity (Wildman–Crippen MR) is 92.3 cm³/mol. The van der Waals surface area contributed by atoms with Gasteiger partial charge < -0.3 is 15.1 Å². The van der Waals surface area contributed by atoms with Crippen molar-refractivity contribution in [1.29, 1.82) is 0 Å². The van der Waals surface area contributed by atoms with Gasteiger partial charge in [0.2, 0.25) is 11.8 Å². The zero-order chi connectivity index (χ0) is 16.2. The van der Waals surface area contributed by atoms with Crippen molar-refractivity contribution in [3.63, 3.8) is 0 Å². The third-order valence-electron chi connectivity index (χ3n) is 4.32. The number of nitrogens with one attached hydrogen (secondary N) is 1. The van der Waals surface area contributed by atoms with E-state index in [-0.39, 0.29) is 18.4 Å². The van der Waals surface area contributed by atoms with Crippen molar-refractivity contribution in [2.75, 3.05) is 37.8 Å². The Kier molecular flexibility index (Phi) is 5.55. The molecule has 3 heterocycles. The highest BCUT2D eigenvalue weighted by atomic mass is 32.2. The summed E-state index contributed by atoms with van der Waals surface area (Å²) in [4.78, 5) is 33.5. The van der Waals surface area contributed by atoms with Crippen molar-refractivity contribution < 1.29 is 9.59 Å². The number of carbonyl (C=O) groups is 2. The van der Waals surface area contributed by atoms with Gasteiger partial charge in [0.1, 0.15) is 6.54 Å². The molecule has 1 aromatic heterocycles. The Morgan fingerprint density at radius 3 is 3.04 bits per heavy atom. The van der Waals surface area contributed by atoms with E-state index >= 15 is 0 Å². The van der Waals surface area contributed by atoms with Crippen molar-refractivity contribution in [3.05, 3.63) is 16.1 Å². The van der Waals surface area contributed by atoms with Crippen LogP contribution in [0.1, 0.15) is 17.0 Å². The highest BCUT2D eigenvalue weighted by molar-refractivity contribution is 8.00. The minimum Gasteiger partial charge on any atom is -0.336 e. The molecule has 1 atom stereocenters. The molecule has 0 saturated carbocycles. The molecule has 2 aliphatic heterocycles. The molecule has 23 heavy (non-hydrogen) atoms. The van der Waals surface area contributed by atoms with Gasteiger partial charge in [-0.15, -0.1) is 23.1 Å². The summed E-state index contributed by atoms with van der Waals surface area (Å²) in [6.45, 7) is 5.51. The summed E-state index contributed by atoms with van der Waals surface area (Å²) in [7, 11) is 0. The maximum Gasteiger partial charge on any atom is 0.242 e. The summed E-state index contributed by atoms with van der Waals surface area (Å²) in [5.41, 5.74) is 2.82. The van der Waals surface area contributed by atoms with E-state index in [1.807, 2.05) is 17.3 Å². The number of rotatable bonds is 6. The second-order valence-corrected chi connectivity index (χ2v) is 7.96. The van der Waals surface area contributed by atoms with E-state index in [0.29, 0.717) is 24.1 Å². The maximum atomic E-state index is 12.8. The van der Waals surface area contributed by atoms with Crippen molar-refractivity contribution in [3.8, 4) is 0 Å². The van der Waals surface area contributed by atoms with Crippen molar-refractivity contribution in [1.82, 2.24) is 20.1 Å². The number of thioether (sulfide) groups is 1. The van der Waals surface area contributed by atoms with Gasteiger partial charge in [-0.25, -0.2) is 4.98 Å². The fourth-order valence-electron chi connectivity index (χ4n) is 2.89. The lowest BCUT2D eigenvalue weighted by molar-refractivity contribution is -0.138. The Morgan fingerprint density at radius 1 is 1.57 bits per heavy atom. The summed E-state index contributed by atoms with van der Waals surface area (Å²) >= 11 is 3.16. The van der Waals surface area contributed by atoms with E-state index in [2.05, 4.69) is 10.3 Å². The first-order valence-electron chi connectivity index (χ1n) is 7.86. The van der Waals surface area contributed by atoms with E-state index in [1.54, 1.807) is 28.0 Å². The molecule has 2 amide bonds. The van der Waals surface area contributed by atoms with Crippen LogP contribution in [0.3, 0.4) is 0 Å². The third kappa shape index (κ3) is 4.24. The lowest BCUT2D eigenvalue weighted by atomic mass is 10.1.